The van der Waals surface area contributed by atoms with Gasteiger partial charge in [0.2, 0.25) is 17.7 Å². The predicted octanol–water partition coefficient (Wildman–Crippen LogP) is 6.00. The van der Waals surface area contributed by atoms with Gasteiger partial charge in [-0.15, -0.1) is 21.5 Å². The number of nitrogens with one attached hydrogen (secondary N) is 2. The number of carbonyl (C=O) groups excluding carboxylic acids is 4. The van der Waals surface area contributed by atoms with Crippen molar-refractivity contribution in [2.24, 2.45) is 10.8 Å². The number of aromatic nitrogens is 3. The van der Waals surface area contributed by atoms with E-state index in [0.29, 0.717) is 55.2 Å². The minimum absolute atomic E-state index is 0.0170. The average molecular weight is 972 g/mol. The number of para-hydroxylation sites is 1. The number of benzene rings is 3. The molecule has 0 unspecified atom stereocenters. The number of phenols is 1. The highest BCUT2D eigenvalue weighted by atomic mass is 32.1. The molecule has 370 valence electrons. The maximum atomic E-state index is 14.2. The molecule has 16 nitrogen and oxygen atoms in total. The molecule has 4 amide bonds. The monoisotopic (exact) mass is 971 g/mol. The summed E-state index contributed by atoms with van der Waals surface area (Å²) in [5.74, 6) is -0.289. The first kappa shape index (κ1) is 50.0. The molecular weight excluding hydrogens is 907 g/mol. The number of hydrogen-bond acceptors (Lipinski definition) is 13. The smallest absolute Gasteiger partial charge is 0.253 e. The van der Waals surface area contributed by atoms with E-state index in [0.717, 1.165) is 66.0 Å². The molecule has 2 aromatic heterocycles. The Hall–Kier alpha value is -6.43. The number of carbonyl (C=O) groups is 4. The molecule has 3 aromatic carbocycles. The number of piperidine rings is 2. The summed E-state index contributed by atoms with van der Waals surface area (Å²) in [7, 11) is 0. The molecule has 6 N–H and O–H groups in total. The normalized spacial score (nSPS) is 18.6. The van der Waals surface area contributed by atoms with E-state index in [4.69, 9.17) is 10.5 Å². The van der Waals surface area contributed by atoms with Gasteiger partial charge in [0.05, 0.1) is 28.8 Å². The van der Waals surface area contributed by atoms with Crippen molar-refractivity contribution >= 4 is 40.8 Å². The summed E-state index contributed by atoms with van der Waals surface area (Å²) in [5, 5.41) is 35.0. The number of β-amino-alcohol motifs (C(OH)–C–C–N with tert-alkyl or cyclic N) is 1. The largest absolute Gasteiger partial charge is 0.507 e. The maximum Gasteiger partial charge on any atom is 0.253 e. The third kappa shape index (κ3) is 11.9. The van der Waals surface area contributed by atoms with Crippen LogP contribution in [0.25, 0.3) is 21.7 Å². The topological polar surface area (TPSA) is 216 Å². The summed E-state index contributed by atoms with van der Waals surface area (Å²) in [6.07, 6.45) is 3.94. The molecule has 3 aliphatic rings. The Bertz CT molecular complexity index is 2630. The lowest BCUT2D eigenvalue weighted by Gasteiger charge is -2.47. The Balaban J connectivity index is 0.755. The van der Waals surface area contributed by atoms with Crippen molar-refractivity contribution in [3.63, 3.8) is 0 Å². The van der Waals surface area contributed by atoms with E-state index in [-0.39, 0.29) is 66.5 Å². The SMILES string of the molecule is Cc1ncsc1-c1ccc(CNC(=O)[C@@H]2C[C@@H](O)CN2C(=O)[C@@H](NC(=O)CCN2CCC3(CC2)CCN(C(=O)c2ccc(CCOc4cc(-c5ccccc5O)nnc4N)cc2)CC3)C(C)(C)C)cc1. The minimum Gasteiger partial charge on any atom is -0.507 e. The van der Waals surface area contributed by atoms with Crippen LogP contribution in [0.4, 0.5) is 5.82 Å². The van der Waals surface area contributed by atoms with Gasteiger partial charge in [0, 0.05) is 69.2 Å². The average Bonchev–Trinajstić information content (AvgIpc) is 3.98. The van der Waals surface area contributed by atoms with Gasteiger partial charge < -0.3 is 46.0 Å². The molecule has 0 aliphatic carbocycles. The van der Waals surface area contributed by atoms with Crippen LogP contribution >= 0.6 is 11.3 Å². The second-order valence-electron chi connectivity index (χ2n) is 20.1. The lowest BCUT2D eigenvalue weighted by Crippen LogP contribution is -2.58. The highest BCUT2D eigenvalue weighted by molar-refractivity contribution is 7.13. The number of amides is 4. The number of thiazole rings is 1. The number of likely N-dealkylation sites (tertiary alicyclic amines) is 3. The predicted molar refractivity (Wildman–Crippen MR) is 269 cm³/mol. The number of nitrogens with two attached hydrogens (primary N) is 1. The van der Waals surface area contributed by atoms with E-state index in [1.165, 1.54) is 4.90 Å². The van der Waals surface area contributed by atoms with Gasteiger partial charge in [-0.25, -0.2) is 4.98 Å². The zero-order valence-corrected chi connectivity index (χ0v) is 41.3. The summed E-state index contributed by atoms with van der Waals surface area (Å²) in [6, 6.07) is 22.4. The quantitative estimate of drug-likeness (QED) is 0.0817. The molecular formula is C53H65N9O7S. The van der Waals surface area contributed by atoms with Crippen LogP contribution in [0, 0.1) is 17.8 Å². The number of ether oxygens (including phenoxy) is 1. The van der Waals surface area contributed by atoms with Gasteiger partial charge in [-0.2, -0.15) is 0 Å². The van der Waals surface area contributed by atoms with Gasteiger partial charge >= 0.3 is 0 Å². The number of nitrogen functional groups attached to an aromatic ring is 1. The molecule has 70 heavy (non-hydrogen) atoms. The molecule has 5 heterocycles. The van der Waals surface area contributed by atoms with Gasteiger partial charge in [-0.1, -0.05) is 69.3 Å². The Morgan fingerprint density at radius 1 is 0.929 bits per heavy atom. The van der Waals surface area contributed by atoms with Crippen molar-refractivity contribution in [2.75, 3.05) is 51.6 Å². The van der Waals surface area contributed by atoms with E-state index in [1.807, 2.05) is 86.6 Å². The first-order chi connectivity index (χ1) is 33.6. The molecule has 0 bridgehead atoms. The number of aliphatic hydroxyl groups excluding tert-OH is 1. The summed E-state index contributed by atoms with van der Waals surface area (Å²) in [4.78, 5) is 65.9. The van der Waals surface area contributed by atoms with Crippen LogP contribution in [0.15, 0.2) is 84.4 Å². The van der Waals surface area contributed by atoms with E-state index < -0.39 is 23.6 Å². The lowest BCUT2D eigenvalue weighted by molar-refractivity contribution is -0.144. The number of aliphatic hydroxyl groups is 1. The lowest BCUT2D eigenvalue weighted by atomic mass is 9.71. The summed E-state index contributed by atoms with van der Waals surface area (Å²) in [6.45, 7) is 11.9. The molecule has 5 aromatic rings. The molecule has 1 spiro atoms. The van der Waals surface area contributed by atoms with Gasteiger partial charge in [0.15, 0.2) is 11.6 Å². The molecule has 3 aliphatic heterocycles. The molecule has 0 saturated carbocycles. The number of anilines is 1. The van der Waals surface area contributed by atoms with Crippen LogP contribution in [-0.2, 0) is 27.3 Å². The molecule has 17 heteroatoms. The number of phenolic OH excluding ortho intramolecular Hbond substituents is 1. The molecule has 3 saturated heterocycles. The van der Waals surface area contributed by atoms with E-state index in [9.17, 15) is 29.4 Å². The highest BCUT2D eigenvalue weighted by Crippen LogP contribution is 2.42. The maximum absolute atomic E-state index is 14.2. The van der Waals surface area contributed by atoms with Crippen molar-refractivity contribution in [3.05, 3.63) is 107 Å². The van der Waals surface area contributed by atoms with E-state index >= 15 is 0 Å². The third-order valence-corrected chi connectivity index (χ3v) is 15.2. The standard InChI is InChI=1S/C53H65N9O7S/c1-34-46(70-33-56-34)37-13-11-36(12-14-37)31-55-49(66)42-29-39(63)32-62(42)51(68)47(52(2,3)4)57-45(65)17-23-60-24-19-53(20-25-60)21-26-61(27-22-53)50(67)38-15-9-35(10-16-38)18-28-69-44-30-41(58-59-48(44)54)40-7-5-6-8-43(40)64/h5-16,30,33,39,42,47,63-64H,17-29,31-32H2,1-4H3,(H2,54,59)(H,55,66)(H,57,65)/t39-,42+,47-/m1/s1. The van der Waals surface area contributed by atoms with Crippen molar-refractivity contribution in [1.29, 1.82) is 0 Å². The molecule has 3 fully saturated rings. The van der Waals surface area contributed by atoms with E-state index in [1.54, 1.807) is 41.7 Å². The fourth-order valence-electron chi connectivity index (χ4n) is 9.81. The second kappa shape index (κ2) is 21.7. The fourth-order valence-corrected chi connectivity index (χ4v) is 10.6. The van der Waals surface area contributed by atoms with Crippen LogP contribution in [-0.4, -0.2) is 128 Å². The van der Waals surface area contributed by atoms with Crippen molar-refractivity contribution in [3.8, 4) is 33.2 Å². The van der Waals surface area contributed by atoms with Gasteiger partial charge in [-0.05, 0) is 97.5 Å². The molecule has 3 atom stereocenters. The summed E-state index contributed by atoms with van der Waals surface area (Å²) in [5.41, 5.74) is 12.9. The van der Waals surface area contributed by atoms with Crippen molar-refractivity contribution < 1.29 is 34.1 Å². The first-order valence-electron chi connectivity index (χ1n) is 24.3. The van der Waals surface area contributed by atoms with Crippen LogP contribution in [0.2, 0.25) is 0 Å². The van der Waals surface area contributed by atoms with Crippen LogP contribution in [0.1, 0.15) is 86.5 Å². The second-order valence-corrected chi connectivity index (χ2v) is 21.0. The molecule has 8 rings (SSSR count). The Kier molecular flexibility index (Phi) is 15.5. The summed E-state index contributed by atoms with van der Waals surface area (Å²) < 4.78 is 5.95. The van der Waals surface area contributed by atoms with Crippen molar-refractivity contribution in [2.45, 2.75) is 97.4 Å². The first-order valence-corrected chi connectivity index (χ1v) is 25.1. The van der Waals surface area contributed by atoms with Crippen LogP contribution < -0.4 is 21.1 Å². The number of aryl methyl sites for hydroxylation is 1. The van der Waals surface area contributed by atoms with Crippen LogP contribution in [0.5, 0.6) is 11.5 Å². The van der Waals surface area contributed by atoms with Gasteiger partial charge in [0.1, 0.15) is 23.5 Å². The number of nitrogens with zero attached hydrogens (tertiary/aromatic N) is 6. The minimum atomic E-state index is -0.887. The Labute approximate surface area is 413 Å². The third-order valence-electron chi connectivity index (χ3n) is 14.2. The number of rotatable bonds is 15. The van der Waals surface area contributed by atoms with Crippen LogP contribution in [0.3, 0.4) is 0 Å². The van der Waals surface area contributed by atoms with Gasteiger partial charge in [-0.3, -0.25) is 19.2 Å². The van der Waals surface area contributed by atoms with Gasteiger partial charge in [0.25, 0.3) is 5.91 Å². The Morgan fingerprint density at radius 2 is 1.61 bits per heavy atom. The zero-order valence-electron chi connectivity index (χ0n) is 40.5. The van der Waals surface area contributed by atoms with Crippen molar-refractivity contribution in [1.82, 2.24) is 40.5 Å². The molecule has 0 radical (unpaired) electrons. The zero-order chi connectivity index (χ0) is 49.6. The number of hydrogen-bond donors (Lipinski definition) is 5. The highest BCUT2D eigenvalue weighted by Gasteiger charge is 2.45. The number of aromatic hydroxyl groups is 1. The Morgan fingerprint density at radius 3 is 2.29 bits per heavy atom. The summed E-state index contributed by atoms with van der Waals surface area (Å²) >= 11 is 1.58. The fraction of sp³-hybridized carbons (Fsp3) is 0.453. The van der Waals surface area contributed by atoms with E-state index in [2.05, 4.69) is 30.7 Å².